The number of nitrogens with zero attached hydrogens (tertiary/aromatic N) is 2. The molecule has 0 amide bonds. The van der Waals surface area contributed by atoms with E-state index >= 15 is 0 Å². The van der Waals surface area contributed by atoms with Crippen LogP contribution in [0.15, 0.2) is 29.0 Å². The minimum absolute atomic E-state index is 0.160. The molecule has 0 spiro atoms. The number of rotatable bonds is 4. The fourth-order valence-corrected chi connectivity index (χ4v) is 1.34. The van der Waals surface area contributed by atoms with Crippen molar-refractivity contribution in [3.63, 3.8) is 0 Å². The van der Waals surface area contributed by atoms with Crippen LogP contribution in [-0.2, 0) is 6.61 Å². The first kappa shape index (κ1) is 11.1. The lowest BCUT2D eigenvalue weighted by Gasteiger charge is -2.07. The Hall–Kier alpha value is -2.37. The Morgan fingerprint density at radius 1 is 1.53 bits per heavy atom. The molecule has 6 heteroatoms. The summed E-state index contributed by atoms with van der Waals surface area (Å²) in [5, 5.41) is 12.3. The predicted octanol–water partition coefficient (Wildman–Crippen LogP) is 1.66. The van der Waals surface area contributed by atoms with E-state index in [1.54, 1.807) is 19.1 Å². The second-order valence-corrected chi connectivity index (χ2v) is 3.41. The first-order valence-corrected chi connectivity index (χ1v) is 4.89. The number of benzene rings is 1. The monoisotopic (exact) mass is 234 g/mol. The van der Waals surface area contributed by atoms with Gasteiger partial charge in [-0.1, -0.05) is 5.16 Å². The van der Waals surface area contributed by atoms with Crippen LogP contribution in [0.1, 0.15) is 21.8 Å². The van der Waals surface area contributed by atoms with Gasteiger partial charge in [0.15, 0.2) is 12.9 Å². The third-order valence-corrected chi connectivity index (χ3v) is 2.18. The molecule has 88 valence electrons. The molecule has 0 atom stereocenters. The quantitative estimate of drug-likeness (QED) is 0.865. The molecule has 1 aromatic heterocycles. The van der Waals surface area contributed by atoms with E-state index in [9.17, 15) is 4.79 Å². The van der Waals surface area contributed by atoms with Crippen molar-refractivity contribution in [1.82, 2.24) is 10.1 Å². The lowest BCUT2D eigenvalue weighted by molar-refractivity contribution is 0.0696. The number of aromatic carboxylic acids is 1. The molecule has 0 fully saturated rings. The maximum Gasteiger partial charge on any atom is 0.335 e. The first-order chi connectivity index (χ1) is 8.16. The fourth-order valence-electron chi connectivity index (χ4n) is 1.34. The Morgan fingerprint density at radius 3 is 2.94 bits per heavy atom. The number of ether oxygens (including phenoxy) is 1. The molecule has 1 aromatic carbocycles. The van der Waals surface area contributed by atoms with Gasteiger partial charge >= 0.3 is 5.97 Å². The first-order valence-electron chi connectivity index (χ1n) is 4.89. The van der Waals surface area contributed by atoms with Gasteiger partial charge in [0, 0.05) is 0 Å². The molecule has 17 heavy (non-hydrogen) atoms. The van der Waals surface area contributed by atoms with Gasteiger partial charge < -0.3 is 14.4 Å². The van der Waals surface area contributed by atoms with Gasteiger partial charge in [0.05, 0.1) is 5.56 Å². The molecule has 0 aliphatic heterocycles. The van der Waals surface area contributed by atoms with Crippen molar-refractivity contribution in [3.05, 3.63) is 41.5 Å². The van der Waals surface area contributed by atoms with E-state index in [1.807, 2.05) is 0 Å². The lowest BCUT2D eigenvalue weighted by Crippen LogP contribution is -2.00. The van der Waals surface area contributed by atoms with Crippen LogP contribution in [0.25, 0.3) is 0 Å². The maximum atomic E-state index is 10.7. The summed E-state index contributed by atoms with van der Waals surface area (Å²) in [4.78, 5) is 14.5. The zero-order valence-corrected chi connectivity index (χ0v) is 9.08. The molecule has 0 radical (unpaired) electrons. The number of aromatic nitrogens is 2. The number of carboxylic acids is 1. The Bertz CT molecular complexity index is 522. The second-order valence-electron chi connectivity index (χ2n) is 3.41. The van der Waals surface area contributed by atoms with Gasteiger partial charge in [-0.3, -0.25) is 0 Å². The number of carbonyl (C=O) groups is 1. The predicted molar refractivity (Wildman–Crippen MR) is 56.8 cm³/mol. The molecule has 0 saturated carbocycles. The molecule has 0 aliphatic rings. The Labute approximate surface area is 96.8 Å². The van der Waals surface area contributed by atoms with Gasteiger partial charge in [-0.25, -0.2) is 4.79 Å². The molecule has 2 rings (SSSR count). The van der Waals surface area contributed by atoms with Crippen LogP contribution in [-0.4, -0.2) is 21.2 Å². The molecule has 1 N–H and O–H groups in total. The summed E-state index contributed by atoms with van der Waals surface area (Å²) >= 11 is 0. The van der Waals surface area contributed by atoms with Gasteiger partial charge in [-0.15, -0.1) is 0 Å². The Balaban J connectivity index is 2.09. The number of aryl methyl sites for hydroxylation is 1. The van der Waals surface area contributed by atoms with E-state index in [0.29, 0.717) is 11.6 Å². The van der Waals surface area contributed by atoms with Crippen LogP contribution in [0.5, 0.6) is 5.75 Å². The van der Waals surface area contributed by atoms with Crippen LogP contribution >= 0.6 is 0 Å². The van der Waals surface area contributed by atoms with Crippen molar-refractivity contribution >= 4 is 5.97 Å². The molecule has 0 unspecified atom stereocenters. The molecule has 6 nitrogen and oxygen atoms in total. The van der Waals surface area contributed by atoms with E-state index in [-0.39, 0.29) is 12.2 Å². The normalized spacial score (nSPS) is 10.2. The Kier molecular flexibility index (Phi) is 3.04. The van der Waals surface area contributed by atoms with E-state index in [4.69, 9.17) is 14.4 Å². The lowest BCUT2D eigenvalue weighted by atomic mass is 10.1. The van der Waals surface area contributed by atoms with E-state index in [2.05, 4.69) is 10.1 Å². The number of hydrogen-bond donors (Lipinski definition) is 1. The van der Waals surface area contributed by atoms with Gasteiger partial charge in [0.25, 0.3) is 5.89 Å². The number of hydrogen-bond acceptors (Lipinski definition) is 5. The van der Waals surface area contributed by atoms with E-state index in [0.717, 1.165) is 5.56 Å². The summed E-state index contributed by atoms with van der Waals surface area (Å²) in [7, 11) is 0. The highest BCUT2D eigenvalue weighted by Gasteiger charge is 2.07. The van der Waals surface area contributed by atoms with Gasteiger partial charge in [-0.05, 0) is 30.7 Å². The molecule has 2 aromatic rings. The van der Waals surface area contributed by atoms with Crippen molar-refractivity contribution in [3.8, 4) is 5.75 Å². The minimum atomic E-state index is -0.962. The molecular weight excluding hydrogens is 224 g/mol. The Morgan fingerprint density at radius 2 is 2.35 bits per heavy atom. The highest BCUT2D eigenvalue weighted by molar-refractivity contribution is 5.88. The summed E-state index contributed by atoms with van der Waals surface area (Å²) in [6, 6.07) is 4.64. The summed E-state index contributed by atoms with van der Waals surface area (Å²) in [5.41, 5.74) is 0.969. The fraction of sp³-hybridized carbons (Fsp3) is 0.182. The molecular formula is C11H10N2O4. The van der Waals surface area contributed by atoms with Crippen LogP contribution in [0.2, 0.25) is 0 Å². The standard InChI is InChI=1S/C11H10N2O4/c1-7-4-8(11(14)15)2-3-9(7)16-5-10-12-6-13-17-10/h2-4,6H,5H2,1H3,(H,14,15). The number of carboxylic acid groups (broad SMARTS) is 1. The molecule has 0 aliphatic carbocycles. The third-order valence-electron chi connectivity index (χ3n) is 2.18. The van der Waals surface area contributed by atoms with Crippen molar-refractivity contribution in [1.29, 1.82) is 0 Å². The average Bonchev–Trinajstić information content (AvgIpc) is 2.80. The van der Waals surface area contributed by atoms with Crippen molar-refractivity contribution in [2.75, 3.05) is 0 Å². The molecule has 0 saturated heterocycles. The summed E-state index contributed by atoms with van der Waals surface area (Å²) < 4.78 is 10.2. The molecule has 1 heterocycles. The smallest absolute Gasteiger partial charge is 0.335 e. The topological polar surface area (TPSA) is 85.5 Å². The van der Waals surface area contributed by atoms with Gasteiger partial charge in [0.2, 0.25) is 0 Å². The molecule has 0 bridgehead atoms. The SMILES string of the molecule is Cc1cc(C(=O)O)ccc1OCc1ncno1. The van der Waals surface area contributed by atoms with Crippen LogP contribution < -0.4 is 4.74 Å². The summed E-state index contributed by atoms with van der Waals surface area (Å²) in [5.74, 6) is -0.00328. The van der Waals surface area contributed by atoms with Crippen molar-refractivity contribution in [2.24, 2.45) is 0 Å². The second kappa shape index (κ2) is 4.65. The minimum Gasteiger partial charge on any atom is -0.483 e. The van der Waals surface area contributed by atoms with Crippen molar-refractivity contribution in [2.45, 2.75) is 13.5 Å². The van der Waals surface area contributed by atoms with Crippen LogP contribution in [0, 0.1) is 6.92 Å². The highest BCUT2D eigenvalue weighted by atomic mass is 16.5. The third kappa shape index (κ3) is 2.60. The van der Waals surface area contributed by atoms with Crippen LogP contribution in [0.4, 0.5) is 0 Å². The average molecular weight is 234 g/mol. The summed E-state index contributed by atoms with van der Waals surface area (Å²) in [6.07, 6.45) is 1.29. The van der Waals surface area contributed by atoms with Gasteiger partial charge in [0.1, 0.15) is 5.75 Å². The van der Waals surface area contributed by atoms with Crippen molar-refractivity contribution < 1.29 is 19.2 Å². The van der Waals surface area contributed by atoms with Gasteiger partial charge in [-0.2, -0.15) is 4.98 Å². The maximum absolute atomic E-state index is 10.7. The van der Waals surface area contributed by atoms with Crippen LogP contribution in [0.3, 0.4) is 0 Å². The van der Waals surface area contributed by atoms with E-state index in [1.165, 1.54) is 12.4 Å². The zero-order chi connectivity index (χ0) is 12.3. The zero-order valence-electron chi connectivity index (χ0n) is 9.08. The largest absolute Gasteiger partial charge is 0.483 e. The highest BCUT2D eigenvalue weighted by Crippen LogP contribution is 2.20. The summed E-state index contributed by atoms with van der Waals surface area (Å²) in [6.45, 7) is 1.93. The van der Waals surface area contributed by atoms with E-state index < -0.39 is 5.97 Å².